The van der Waals surface area contributed by atoms with E-state index in [0.29, 0.717) is 30.3 Å². The highest BCUT2D eigenvalue weighted by molar-refractivity contribution is 5.80. The maximum Gasteiger partial charge on any atom is 0.226 e. The summed E-state index contributed by atoms with van der Waals surface area (Å²) < 4.78 is 0. The van der Waals surface area contributed by atoms with Gasteiger partial charge < -0.3 is 10.6 Å². The topological polar surface area (TPSA) is 46.3 Å². The van der Waals surface area contributed by atoms with Gasteiger partial charge in [0.05, 0.1) is 0 Å². The minimum Gasteiger partial charge on any atom is -0.339 e. The maximum absolute atomic E-state index is 12.8. The van der Waals surface area contributed by atoms with Crippen molar-refractivity contribution in [2.75, 3.05) is 13.1 Å². The molecule has 3 nitrogen and oxygen atoms in total. The Balaban J connectivity index is 1.66. The summed E-state index contributed by atoms with van der Waals surface area (Å²) in [5, 5.41) is 0. The molecule has 4 atom stereocenters. The summed E-state index contributed by atoms with van der Waals surface area (Å²) in [5.41, 5.74) is 5.70. The van der Waals surface area contributed by atoms with Gasteiger partial charge >= 0.3 is 0 Å². The second kappa shape index (κ2) is 5.20. The molecular weight excluding hydrogens is 224 g/mol. The van der Waals surface area contributed by atoms with Crippen molar-refractivity contribution in [2.45, 2.75) is 57.4 Å². The standard InChI is InChI=1S/C15H26N2O/c16-7-6-13-3-1-2-8-17(13)15(18)14-10-11-4-5-12(14)9-11/h11-14H,1-10,16H2. The van der Waals surface area contributed by atoms with E-state index in [1.165, 1.54) is 44.9 Å². The molecule has 1 aliphatic heterocycles. The molecule has 18 heavy (non-hydrogen) atoms. The first kappa shape index (κ1) is 12.5. The highest BCUT2D eigenvalue weighted by Gasteiger charge is 2.45. The van der Waals surface area contributed by atoms with E-state index in [9.17, 15) is 4.79 Å². The summed E-state index contributed by atoms with van der Waals surface area (Å²) in [6, 6.07) is 0.440. The van der Waals surface area contributed by atoms with Gasteiger partial charge in [-0.15, -0.1) is 0 Å². The molecule has 2 bridgehead atoms. The van der Waals surface area contributed by atoms with Crippen molar-refractivity contribution in [3.05, 3.63) is 0 Å². The Morgan fingerprint density at radius 3 is 2.72 bits per heavy atom. The van der Waals surface area contributed by atoms with Crippen LogP contribution < -0.4 is 5.73 Å². The highest BCUT2D eigenvalue weighted by atomic mass is 16.2. The van der Waals surface area contributed by atoms with E-state index in [1.54, 1.807) is 0 Å². The number of nitrogens with zero attached hydrogens (tertiary/aromatic N) is 1. The second-order valence-electron chi connectivity index (χ2n) is 6.54. The lowest BCUT2D eigenvalue weighted by atomic mass is 9.86. The predicted molar refractivity (Wildman–Crippen MR) is 72.0 cm³/mol. The number of hydrogen-bond donors (Lipinski definition) is 1. The van der Waals surface area contributed by atoms with Gasteiger partial charge in [0.2, 0.25) is 5.91 Å². The zero-order valence-corrected chi connectivity index (χ0v) is 11.3. The minimum atomic E-state index is 0.363. The van der Waals surface area contributed by atoms with Gasteiger partial charge in [-0.25, -0.2) is 0 Å². The number of rotatable bonds is 3. The lowest BCUT2D eigenvalue weighted by molar-refractivity contribution is -0.141. The van der Waals surface area contributed by atoms with Crippen molar-refractivity contribution < 1.29 is 4.79 Å². The first-order valence-electron chi connectivity index (χ1n) is 7.80. The molecule has 0 spiro atoms. The fourth-order valence-corrected chi connectivity index (χ4v) is 4.54. The fourth-order valence-electron chi connectivity index (χ4n) is 4.54. The van der Waals surface area contributed by atoms with E-state index in [2.05, 4.69) is 4.90 Å². The van der Waals surface area contributed by atoms with Crippen molar-refractivity contribution >= 4 is 5.91 Å². The van der Waals surface area contributed by atoms with E-state index in [-0.39, 0.29) is 0 Å². The van der Waals surface area contributed by atoms with Crippen molar-refractivity contribution in [3.63, 3.8) is 0 Å². The molecule has 0 aromatic rings. The molecule has 0 aromatic heterocycles. The Hall–Kier alpha value is -0.570. The van der Waals surface area contributed by atoms with Crippen LogP contribution in [0.5, 0.6) is 0 Å². The number of nitrogens with two attached hydrogens (primary N) is 1. The number of piperidine rings is 1. The molecule has 3 heteroatoms. The van der Waals surface area contributed by atoms with Crippen LogP contribution >= 0.6 is 0 Å². The Morgan fingerprint density at radius 2 is 2.06 bits per heavy atom. The summed E-state index contributed by atoms with van der Waals surface area (Å²) in [5.74, 6) is 2.41. The average molecular weight is 250 g/mol. The third-order valence-corrected chi connectivity index (χ3v) is 5.47. The molecule has 2 N–H and O–H groups in total. The Kier molecular flexibility index (Phi) is 3.60. The Labute approximate surface area is 110 Å². The molecule has 0 aromatic carbocycles. The van der Waals surface area contributed by atoms with Gasteiger partial charge in [0, 0.05) is 18.5 Å². The van der Waals surface area contributed by atoms with Gasteiger partial charge in [-0.3, -0.25) is 4.79 Å². The summed E-state index contributed by atoms with van der Waals surface area (Å²) in [4.78, 5) is 15.0. The normalized spacial score (nSPS) is 39.3. The molecule has 3 fully saturated rings. The monoisotopic (exact) mass is 250 g/mol. The van der Waals surface area contributed by atoms with Crippen molar-refractivity contribution in [3.8, 4) is 0 Å². The van der Waals surface area contributed by atoms with Crippen molar-refractivity contribution in [1.29, 1.82) is 0 Å². The number of carbonyl (C=O) groups is 1. The summed E-state index contributed by atoms with van der Waals surface area (Å²) in [6.45, 7) is 1.70. The second-order valence-corrected chi connectivity index (χ2v) is 6.54. The lowest BCUT2D eigenvalue weighted by Crippen LogP contribution is -2.48. The Bertz CT molecular complexity index is 316. The molecule has 2 saturated carbocycles. The molecular formula is C15H26N2O. The van der Waals surface area contributed by atoms with Crippen molar-refractivity contribution in [2.24, 2.45) is 23.5 Å². The van der Waals surface area contributed by atoms with Crippen LogP contribution in [0.2, 0.25) is 0 Å². The van der Waals surface area contributed by atoms with Crippen LogP contribution in [0.4, 0.5) is 0 Å². The number of amides is 1. The van der Waals surface area contributed by atoms with Crippen LogP contribution in [-0.4, -0.2) is 29.9 Å². The smallest absolute Gasteiger partial charge is 0.226 e. The van der Waals surface area contributed by atoms with E-state index < -0.39 is 0 Å². The zero-order valence-electron chi connectivity index (χ0n) is 11.3. The van der Waals surface area contributed by atoms with E-state index in [1.807, 2.05) is 0 Å². The van der Waals surface area contributed by atoms with Crippen LogP contribution in [0, 0.1) is 17.8 Å². The molecule has 0 radical (unpaired) electrons. The number of likely N-dealkylation sites (tertiary alicyclic amines) is 1. The van der Waals surface area contributed by atoms with Crippen LogP contribution in [0.1, 0.15) is 51.4 Å². The molecule has 1 heterocycles. The van der Waals surface area contributed by atoms with E-state index in [0.717, 1.165) is 18.9 Å². The maximum atomic E-state index is 12.8. The largest absolute Gasteiger partial charge is 0.339 e. The highest BCUT2D eigenvalue weighted by Crippen LogP contribution is 2.49. The summed E-state index contributed by atoms with van der Waals surface area (Å²) >= 11 is 0. The Morgan fingerprint density at radius 1 is 1.17 bits per heavy atom. The quantitative estimate of drug-likeness (QED) is 0.834. The van der Waals surface area contributed by atoms with Gasteiger partial charge in [-0.2, -0.15) is 0 Å². The van der Waals surface area contributed by atoms with Crippen LogP contribution in [0.15, 0.2) is 0 Å². The van der Waals surface area contributed by atoms with E-state index >= 15 is 0 Å². The van der Waals surface area contributed by atoms with Crippen molar-refractivity contribution in [1.82, 2.24) is 4.90 Å². The van der Waals surface area contributed by atoms with Gasteiger partial charge in [-0.05, 0) is 63.3 Å². The van der Waals surface area contributed by atoms with Gasteiger partial charge in [0.15, 0.2) is 0 Å². The zero-order chi connectivity index (χ0) is 12.5. The third kappa shape index (κ3) is 2.18. The van der Waals surface area contributed by atoms with Gasteiger partial charge in [0.25, 0.3) is 0 Å². The first-order valence-corrected chi connectivity index (χ1v) is 7.80. The molecule has 4 unspecified atom stereocenters. The fraction of sp³-hybridized carbons (Fsp3) is 0.933. The van der Waals surface area contributed by atoms with Gasteiger partial charge in [-0.1, -0.05) is 6.42 Å². The third-order valence-electron chi connectivity index (χ3n) is 5.47. The molecule has 1 amide bonds. The van der Waals surface area contributed by atoms with Gasteiger partial charge in [0.1, 0.15) is 0 Å². The minimum absolute atomic E-state index is 0.363. The number of hydrogen-bond acceptors (Lipinski definition) is 2. The predicted octanol–water partition coefficient (Wildman–Crippen LogP) is 2.15. The molecule has 102 valence electrons. The number of fused-ring (bicyclic) bond motifs is 2. The van der Waals surface area contributed by atoms with Crippen LogP contribution in [0.3, 0.4) is 0 Å². The summed E-state index contributed by atoms with van der Waals surface area (Å²) in [6.07, 6.45) is 9.80. The average Bonchev–Trinajstić information content (AvgIpc) is 3.01. The SMILES string of the molecule is NCCC1CCCCN1C(=O)C1CC2CCC1C2. The molecule has 2 aliphatic carbocycles. The molecule has 1 saturated heterocycles. The first-order chi connectivity index (χ1) is 8.79. The molecule has 3 rings (SSSR count). The van der Waals surface area contributed by atoms with E-state index in [4.69, 9.17) is 5.73 Å². The summed E-state index contributed by atoms with van der Waals surface area (Å²) in [7, 11) is 0. The number of carbonyl (C=O) groups excluding carboxylic acids is 1. The lowest BCUT2D eigenvalue weighted by Gasteiger charge is -2.38. The molecule has 3 aliphatic rings. The van der Waals surface area contributed by atoms with Crippen LogP contribution in [-0.2, 0) is 4.79 Å². The van der Waals surface area contributed by atoms with Crippen LogP contribution in [0.25, 0.3) is 0 Å².